The molecule has 2 rings (SSSR count). The first-order valence-electron chi connectivity index (χ1n) is 8.67. The highest BCUT2D eigenvalue weighted by Crippen LogP contribution is 2.25. The summed E-state index contributed by atoms with van der Waals surface area (Å²) < 4.78 is 5.48. The van der Waals surface area contributed by atoms with E-state index in [0.29, 0.717) is 19.5 Å². The van der Waals surface area contributed by atoms with Gasteiger partial charge in [0.2, 0.25) is 5.91 Å². The summed E-state index contributed by atoms with van der Waals surface area (Å²) >= 11 is 0. The van der Waals surface area contributed by atoms with E-state index in [1.165, 1.54) is 0 Å². The summed E-state index contributed by atoms with van der Waals surface area (Å²) in [5.74, 6) is 0.0808. The van der Waals surface area contributed by atoms with Crippen molar-refractivity contribution in [3.05, 3.63) is 30.3 Å². The van der Waals surface area contributed by atoms with Crippen LogP contribution in [0.3, 0.4) is 0 Å². The summed E-state index contributed by atoms with van der Waals surface area (Å²) in [6.45, 7) is 8.65. The number of hydrogen-bond donors (Lipinski definition) is 0. The molecule has 2 amide bonds. The van der Waals surface area contributed by atoms with Crippen LogP contribution in [0.4, 0.5) is 10.5 Å². The lowest BCUT2D eigenvalue weighted by molar-refractivity contribution is -0.119. The van der Waals surface area contributed by atoms with Crippen LogP contribution in [0.5, 0.6) is 0 Å². The van der Waals surface area contributed by atoms with E-state index in [0.717, 1.165) is 18.5 Å². The predicted octanol–water partition coefficient (Wildman–Crippen LogP) is 3.83. The van der Waals surface area contributed by atoms with Crippen LogP contribution in [-0.2, 0) is 9.53 Å². The van der Waals surface area contributed by atoms with Gasteiger partial charge in [-0.2, -0.15) is 0 Å². The van der Waals surface area contributed by atoms with Crippen molar-refractivity contribution in [1.29, 1.82) is 0 Å². The predicted molar refractivity (Wildman–Crippen MR) is 95.0 cm³/mol. The first-order chi connectivity index (χ1) is 11.3. The molecule has 1 fully saturated rings. The fourth-order valence-corrected chi connectivity index (χ4v) is 2.98. The number of carbonyl (C=O) groups is 2. The van der Waals surface area contributed by atoms with Gasteiger partial charge in [-0.15, -0.1) is 0 Å². The monoisotopic (exact) mass is 332 g/mol. The molecule has 1 aromatic carbocycles. The third kappa shape index (κ3) is 4.73. The van der Waals surface area contributed by atoms with Crippen molar-refractivity contribution in [2.24, 2.45) is 0 Å². The minimum atomic E-state index is -0.512. The van der Waals surface area contributed by atoms with Gasteiger partial charge in [-0.1, -0.05) is 25.1 Å². The van der Waals surface area contributed by atoms with Crippen molar-refractivity contribution in [3.8, 4) is 0 Å². The Morgan fingerprint density at radius 1 is 1.25 bits per heavy atom. The van der Waals surface area contributed by atoms with Gasteiger partial charge in [0.1, 0.15) is 5.60 Å². The van der Waals surface area contributed by atoms with Gasteiger partial charge in [0, 0.05) is 25.2 Å². The van der Waals surface area contributed by atoms with Crippen molar-refractivity contribution < 1.29 is 14.3 Å². The zero-order valence-corrected chi connectivity index (χ0v) is 15.1. The minimum absolute atomic E-state index is 0.0129. The Morgan fingerprint density at radius 3 is 2.50 bits per heavy atom. The molecule has 1 aromatic rings. The van der Waals surface area contributed by atoms with E-state index in [9.17, 15) is 9.59 Å². The van der Waals surface area contributed by atoms with E-state index in [1.807, 2.05) is 62.9 Å². The number of para-hydroxylation sites is 1. The fourth-order valence-electron chi connectivity index (χ4n) is 2.98. The SMILES string of the molecule is CCC(=O)N(c1ccccc1)[C@@H]1CCCN(C(=O)OC(C)(C)C)C1. The molecule has 5 nitrogen and oxygen atoms in total. The van der Waals surface area contributed by atoms with Gasteiger partial charge in [0.05, 0.1) is 6.04 Å². The van der Waals surface area contributed by atoms with Crippen LogP contribution in [0.2, 0.25) is 0 Å². The molecule has 1 aliphatic rings. The molecular weight excluding hydrogens is 304 g/mol. The third-order valence-corrected chi connectivity index (χ3v) is 4.02. The molecule has 0 N–H and O–H groups in total. The maximum Gasteiger partial charge on any atom is 0.410 e. The Labute approximate surface area is 144 Å². The lowest BCUT2D eigenvalue weighted by atomic mass is 10.0. The molecule has 0 unspecified atom stereocenters. The first-order valence-corrected chi connectivity index (χ1v) is 8.67. The summed E-state index contributed by atoms with van der Waals surface area (Å²) in [5.41, 5.74) is 0.378. The van der Waals surface area contributed by atoms with Gasteiger partial charge in [0.15, 0.2) is 0 Å². The van der Waals surface area contributed by atoms with Gasteiger partial charge in [0.25, 0.3) is 0 Å². The molecule has 132 valence electrons. The highest BCUT2D eigenvalue weighted by atomic mass is 16.6. The molecule has 24 heavy (non-hydrogen) atoms. The van der Waals surface area contributed by atoms with Gasteiger partial charge in [-0.3, -0.25) is 4.79 Å². The highest BCUT2D eigenvalue weighted by Gasteiger charge is 2.32. The summed E-state index contributed by atoms with van der Waals surface area (Å²) in [6, 6.07) is 9.67. The van der Waals surface area contributed by atoms with Crippen LogP contribution in [0.25, 0.3) is 0 Å². The van der Waals surface area contributed by atoms with Crippen molar-refractivity contribution in [1.82, 2.24) is 4.90 Å². The van der Waals surface area contributed by atoms with Crippen LogP contribution < -0.4 is 4.90 Å². The molecule has 0 radical (unpaired) electrons. The number of hydrogen-bond acceptors (Lipinski definition) is 3. The number of amides is 2. The van der Waals surface area contributed by atoms with E-state index in [2.05, 4.69) is 0 Å². The molecule has 1 heterocycles. The summed E-state index contributed by atoms with van der Waals surface area (Å²) in [7, 11) is 0. The lowest BCUT2D eigenvalue weighted by Crippen LogP contribution is -2.52. The van der Waals surface area contributed by atoms with E-state index >= 15 is 0 Å². The van der Waals surface area contributed by atoms with Crippen molar-refractivity contribution in [3.63, 3.8) is 0 Å². The average Bonchev–Trinajstić information content (AvgIpc) is 2.54. The molecule has 1 aliphatic heterocycles. The summed E-state index contributed by atoms with van der Waals surface area (Å²) in [6.07, 6.45) is 1.89. The number of benzene rings is 1. The summed E-state index contributed by atoms with van der Waals surface area (Å²) in [5, 5.41) is 0. The van der Waals surface area contributed by atoms with Gasteiger partial charge >= 0.3 is 6.09 Å². The van der Waals surface area contributed by atoms with Crippen molar-refractivity contribution in [2.75, 3.05) is 18.0 Å². The second-order valence-corrected chi connectivity index (χ2v) is 7.18. The molecule has 5 heteroatoms. The normalized spacial score (nSPS) is 18.2. The van der Waals surface area contributed by atoms with E-state index in [4.69, 9.17) is 4.74 Å². The molecule has 0 aromatic heterocycles. The highest BCUT2D eigenvalue weighted by molar-refractivity contribution is 5.93. The maximum atomic E-state index is 12.5. The van der Waals surface area contributed by atoms with Crippen LogP contribution in [0.1, 0.15) is 47.0 Å². The topological polar surface area (TPSA) is 49.9 Å². The van der Waals surface area contributed by atoms with Crippen LogP contribution >= 0.6 is 0 Å². The summed E-state index contributed by atoms with van der Waals surface area (Å²) in [4.78, 5) is 28.4. The molecule has 0 saturated carbocycles. The maximum absolute atomic E-state index is 12.5. The smallest absolute Gasteiger partial charge is 0.410 e. The zero-order valence-electron chi connectivity index (χ0n) is 15.1. The largest absolute Gasteiger partial charge is 0.444 e. The number of carbonyl (C=O) groups excluding carboxylic acids is 2. The molecule has 1 saturated heterocycles. The Bertz CT molecular complexity index is 566. The molecular formula is C19H28N2O3. The Morgan fingerprint density at radius 2 is 1.92 bits per heavy atom. The number of piperidine rings is 1. The van der Waals surface area contributed by atoms with Gasteiger partial charge in [-0.05, 0) is 45.7 Å². The van der Waals surface area contributed by atoms with Crippen LogP contribution in [0, 0.1) is 0 Å². The molecule has 0 bridgehead atoms. The fraction of sp³-hybridized carbons (Fsp3) is 0.579. The Balaban J connectivity index is 2.16. The Kier molecular flexibility index (Phi) is 5.86. The number of anilines is 1. The van der Waals surface area contributed by atoms with Gasteiger partial charge < -0.3 is 14.5 Å². The minimum Gasteiger partial charge on any atom is -0.444 e. The van der Waals surface area contributed by atoms with Crippen molar-refractivity contribution >= 4 is 17.7 Å². The van der Waals surface area contributed by atoms with Crippen LogP contribution in [-0.4, -0.2) is 41.6 Å². The number of likely N-dealkylation sites (tertiary alicyclic amines) is 1. The number of ether oxygens (including phenoxy) is 1. The van der Waals surface area contributed by atoms with Crippen molar-refractivity contribution in [2.45, 2.75) is 58.6 Å². The molecule has 1 atom stereocenters. The molecule has 0 spiro atoms. The van der Waals surface area contributed by atoms with E-state index in [-0.39, 0.29) is 18.0 Å². The number of rotatable bonds is 3. The van der Waals surface area contributed by atoms with E-state index in [1.54, 1.807) is 4.90 Å². The third-order valence-electron chi connectivity index (χ3n) is 4.02. The van der Waals surface area contributed by atoms with Crippen LogP contribution in [0.15, 0.2) is 30.3 Å². The second kappa shape index (κ2) is 7.69. The second-order valence-electron chi connectivity index (χ2n) is 7.18. The average molecular weight is 332 g/mol. The zero-order chi connectivity index (χ0) is 17.7. The van der Waals surface area contributed by atoms with Gasteiger partial charge in [-0.25, -0.2) is 4.79 Å². The number of nitrogens with zero attached hydrogens (tertiary/aromatic N) is 2. The standard InChI is InChI=1S/C19H28N2O3/c1-5-17(22)21(15-10-7-6-8-11-15)16-12-9-13-20(14-16)18(23)24-19(2,3)4/h6-8,10-11,16H,5,9,12-14H2,1-4H3/t16-/m1/s1. The first kappa shape index (κ1) is 18.3. The lowest BCUT2D eigenvalue weighted by Gasteiger charge is -2.39. The Hall–Kier alpha value is -2.04. The quantitative estimate of drug-likeness (QED) is 0.845. The van der Waals surface area contributed by atoms with E-state index < -0.39 is 5.60 Å². The molecule has 0 aliphatic carbocycles.